The summed E-state index contributed by atoms with van der Waals surface area (Å²) in [6.45, 7) is 0. The standard InChI is InChI=1S/C11H9BrCl2N2O5/c12-4-1-5(13)9(6(14)2-4)16-11(21)15-7(10(19)20)3-8(17)18/h1-2,7H,3H2,(H,17,18)(H,19,20)(H2,15,16,21)/t7-/m0/s1. The molecule has 4 N–H and O–H groups in total. The Kier molecular flexibility index (Phi) is 6.25. The number of carbonyl (C=O) groups is 3. The van der Waals surface area contributed by atoms with Crippen molar-refractivity contribution < 1.29 is 24.6 Å². The Morgan fingerprint density at radius 1 is 1.19 bits per heavy atom. The average Bonchev–Trinajstić information content (AvgIpc) is 2.32. The first-order chi connectivity index (χ1) is 9.70. The molecule has 0 spiro atoms. The summed E-state index contributed by atoms with van der Waals surface area (Å²) in [7, 11) is 0. The van der Waals surface area contributed by atoms with Crippen molar-refractivity contribution >= 4 is 62.8 Å². The molecule has 10 heteroatoms. The van der Waals surface area contributed by atoms with Crippen LogP contribution >= 0.6 is 39.1 Å². The quantitative estimate of drug-likeness (QED) is 0.607. The molecule has 21 heavy (non-hydrogen) atoms. The number of anilines is 1. The number of carboxylic acid groups (broad SMARTS) is 2. The fourth-order valence-corrected chi connectivity index (χ4v) is 2.65. The van der Waals surface area contributed by atoms with Gasteiger partial charge in [-0.1, -0.05) is 39.1 Å². The maximum atomic E-state index is 11.7. The van der Waals surface area contributed by atoms with Gasteiger partial charge in [0.2, 0.25) is 0 Å². The molecule has 7 nitrogen and oxygen atoms in total. The number of hydrogen-bond donors (Lipinski definition) is 4. The fraction of sp³-hybridized carbons (Fsp3) is 0.182. The van der Waals surface area contributed by atoms with Gasteiger partial charge in [0.05, 0.1) is 22.2 Å². The van der Waals surface area contributed by atoms with Gasteiger partial charge < -0.3 is 20.8 Å². The van der Waals surface area contributed by atoms with Crippen LogP contribution < -0.4 is 10.6 Å². The van der Waals surface area contributed by atoms with Crippen molar-refractivity contribution in [2.45, 2.75) is 12.5 Å². The summed E-state index contributed by atoms with van der Waals surface area (Å²) in [4.78, 5) is 33.0. The van der Waals surface area contributed by atoms with E-state index in [4.69, 9.17) is 33.4 Å². The molecule has 0 radical (unpaired) electrons. The number of carbonyl (C=O) groups excluding carboxylic acids is 1. The van der Waals surface area contributed by atoms with Gasteiger partial charge in [-0.05, 0) is 12.1 Å². The van der Waals surface area contributed by atoms with Crippen LogP contribution in [0.25, 0.3) is 0 Å². The van der Waals surface area contributed by atoms with E-state index in [9.17, 15) is 14.4 Å². The first-order valence-corrected chi connectivity index (χ1v) is 6.92. The van der Waals surface area contributed by atoms with E-state index < -0.39 is 30.4 Å². The van der Waals surface area contributed by atoms with E-state index in [1.807, 2.05) is 5.32 Å². The SMILES string of the molecule is O=C(O)C[C@H](NC(=O)Nc1c(Cl)cc(Br)cc1Cl)C(=O)O. The molecule has 0 unspecified atom stereocenters. The Morgan fingerprint density at radius 3 is 2.14 bits per heavy atom. The Hall–Kier alpha value is -1.51. The van der Waals surface area contributed by atoms with Crippen LogP contribution in [-0.4, -0.2) is 34.2 Å². The van der Waals surface area contributed by atoms with E-state index in [2.05, 4.69) is 21.2 Å². The largest absolute Gasteiger partial charge is 0.481 e. The fourth-order valence-electron chi connectivity index (χ4n) is 1.34. The Morgan fingerprint density at radius 2 is 1.71 bits per heavy atom. The lowest BCUT2D eigenvalue weighted by molar-refractivity contribution is -0.145. The van der Waals surface area contributed by atoms with Crippen LogP contribution in [0.3, 0.4) is 0 Å². The van der Waals surface area contributed by atoms with Crippen molar-refractivity contribution in [1.29, 1.82) is 0 Å². The molecule has 1 aromatic carbocycles. The number of carboxylic acids is 2. The van der Waals surface area contributed by atoms with Crippen LogP contribution in [-0.2, 0) is 9.59 Å². The number of benzene rings is 1. The second kappa shape index (κ2) is 7.48. The summed E-state index contributed by atoms with van der Waals surface area (Å²) in [5.41, 5.74) is 0.0819. The number of halogens is 3. The summed E-state index contributed by atoms with van der Waals surface area (Å²) in [5, 5.41) is 21.9. The number of aliphatic carboxylic acids is 2. The van der Waals surface area contributed by atoms with E-state index in [0.29, 0.717) is 4.47 Å². The van der Waals surface area contributed by atoms with Gasteiger partial charge in [0.25, 0.3) is 0 Å². The highest BCUT2D eigenvalue weighted by Crippen LogP contribution is 2.33. The number of urea groups is 1. The zero-order valence-electron chi connectivity index (χ0n) is 10.2. The van der Waals surface area contributed by atoms with Crippen LogP contribution in [0.15, 0.2) is 16.6 Å². The zero-order valence-corrected chi connectivity index (χ0v) is 13.3. The van der Waals surface area contributed by atoms with E-state index in [1.54, 1.807) is 0 Å². The van der Waals surface area contributed by atoms with Crippen molar-refractivity contribution in [2.24, 2.45) is 0 Å². The predicted molar refractivity (Wildman–Crippen MR) is 80.0 cm³/mol. The number of nitrogens with one attached hydrogen (secondary N) is 2. The zero-order chi connectivity index (χ0) is 16.2. The first kappa shape index (κ1) is 17.5. The van der Waals surface area contributed by atoms with Gasteiger partial charge in [-0.15, -0.1) is 0 Å². The molecule has 0 saturated heterocycles. The van der Waals surface area contributed by atoms with Crippen LogP contribution in [0.2, 0.25) is 10.0 Å². The topological polar surface area (TPSA) is 116 Å². The minimum absolute atomic E-state index is 0.0819. The maximum absolute atomic E-state index is 11.7. The van der Waals surface area contributed by atoms with Crippen molar-refractivity contribution in [3.63, 3.8) is 0 Å². The molecule has 1 atom stereocenters. The molecule has 0 aromatic heterocycles. The third-order valence-corrected chi connectivity index (χ3v) is 3.28. The molecule has 0 bridgehead atoms. The second-order valence-corrected chi connectivity index (χ2v) is 5.56. The van der Waals surface area contributed by atoms with Crippen molar-refractivity contribution in [2.75, 3.05) is 5.32 Å². The van der Waals surface area contributed by atoms with Crippen LogP contribution in [0, 0.1) is 0 Å². The maximum Gasteiger partial charge on any atom is 0.326 e. The molecule has 0 aliphatic heterocycles. The first-order valence-electron chi connectivity index (χ1n) is 5.37. The van der Waals surface area contributed by atoms with Gasteiger partial charge in [0.1, 0.15) is 6.04 Å². The van der Waals surface area contributed by atoms with Crippen molar-refractivity contribution in [3.8, 4) is 0 Å². The highest BCUT2D eigenvalue weighted by molar-refractivity contribution is 9.10. The van der Waals surface area contributed by atoms with Crippen LogP contribution in [0.4, 0.5) is 10.5 Å². The summed E-state index contributed by atoms with van der Waals surface area (Å²) < 4.78 is 0.595. The Labute approximate surface area is 137 Å². The minimum Gasteiger partial charge on any atom is -0.481 e. The van der Waals surface area contributed by atoms with Gasteiger partial charge >= 0.3 is 18.0 Å². The van der Waals surface area contributed by atoms with Gasteiger partial charge in [0.15, 0.2) is 0 Å². The summed E-state index contributed by atoms with van der Waals surface area (Å²) in [6.07, 6.45) is -0.759. The van der Waals surface area contributed by atoms with E-state index >= 15 is 0 Å². The monoisotopic (exact) mass is 398 g/mol. The molecule has 1 rings (SSSR count). The molecule has 0 aliphatic carbocycles. The average molecular weight is 400 g/mol. The smallest absolute Gasteiger partial charge is 0.326 e. The van der Waals surface area contributed by atoms with E-state index in [-0.39, 0.29) is 15.7 Å². The Bertz CT molecular complexity index is 573. The lowest BCUT2D eigenvalue weighted by atomic mass is 10.2. The van der Waals surface area contributed by atoms with Crippen molar-refractivity contribution in [3.05, 3.63) is 26.7 Å². The highest BCUT2D eigenvalue weighted by Gasteiger charge is 2.23. The van der Waals surface area contributed by atoms with Gasteiger partial charge in [0, 0.05) is 4.47 Å². The Balaban J connectivity index is 2.82. The molecule has 1 aromatic rings. The molecule has 0 heterocycles. The third kappa shape index (κ3) is 5.41. The van der Waals surface area contributed by atoms with Gasteiger partial charge in [-0.25, -0.2) is 9.59 Å². The summed E-state index contributed by atoms with van der Waals surface area (Å²) in [6, 6.07) is 0.453. The van der Waals surface area contributed by atoms with Gasteiger partial charge in [-0.2, -0.15) is 0 Å². The molecular formula is C11H9BrCl2N2O5. The van der Waals surface area contributed by atoms with E-state index in [0.717, 1.165) is 0 Å². The molecule has 0 aliphatic rings. The molecule has 2 amide bonds. The molecule has 114 valence electrons. The summed E-state index contributed by atoms with van der Waals surface area (Å²) in [5.74, 6) is -2.83. The molecule has 0 saturated carbocycles. The lowest BCUT2D eigenvalue weighted by Crippen LogP contribution is -2.44. The normalized spacial score (nSPS) is 11.6. The van der Waals surface area contributed by atoms with Gasteiger partial charge in [-0.3, -0.25) is 4.79 Å². The minimum atomic E-state index is -1.57. The number of rotatable bonds is 5. The van der Waals surface area contributed by atoms with Crippen molar-refractivity contribution in [1.82, 2.24) is 5.32 Å². The number of hydrogen-bond acceptors (Lipinski definition) is 3. The molecular weight excluding hydrogens is 391 g/mol. The van der Waals surface area contributed by atoms with E-state index in [1.165, 1.54) is 12.1 Å². The van der Waals surface area contributed by atoms with Crippen LogP contribution in [0.1, 0.15) is 6.42 Å². The summed E-state index contributed by atoms with van der Waals surface area (Å²) >= 11 is 14.9. The third-order valence-electron chi connectivity index (χ3n) is 2.23. The molecule has 0 fully saturated rings. The van der Waals surface area contributed by atoms with Crippen LogP contribution in [0.5, 0.6) is 0 Å². The predicted octanol–water partition coefficient (Wildman–Crippen LogP) is 2.81. The number of amides is 2. The second-order valence-electron chi connectivity index (χ2n) is 3.83. The lowest BCUT2D eigenvalue weighted by Gasteiger charge is -2.15. The highest BCUT2D eigenvalue weighted by atomic mass is 79.9.